The number of ketones is 2. The fraction of sp³-hybridized carbons (Fsp3) is 0.475. The lowest BCUT2D eigenvalue weighted by atomic mass is 9.82. The smallest absolute Gasteiger partial charge is 0.385 e. The number of alkyl halides is 9. The van der Waals surface area contributed by atoms with Crippen LogP contribution in [0, 0.1) is 11.8 Å². The summed E-state index contributed by atoms with van der Waals surface area (Å²) in [6.45, 7) is 14.4. The number of carbonyl (C=O) groups is 2. The van der Waals surface area contributed by atoms with Crippen LogP contribution in [-0.2, 0) is 32.9 Å². The minimum atomic E-state index is -4.44. The molecule has 2 fully saturated rings. The summed E-state index contributed by atoms with van der Waals surface area (Å²) in [7, 11) is 1.72. The molecule has 0 amide bonds. The summed E-state index contributed by atoms with van der Waals surface area (Å²) in [6, 6.07) is 28.0. The van der Waals surface area contributed by atoms with Crippen molar-refractivity contribution in [1.29, 1.82) is 0 Å². The molecule has 0 aromatic heterocycles. The van der Waals surface area contributed by atoms with E-state index in [2.05, 4.69) is 35.8 Å². The van der Waals surface area contributed by atoms with Gasteiger partial charge >= 0.3 is 18.5 Å². The highest BCUT2D eigenvalue weighted by Crippen LogP contribution is 2.41. The molecule has 4 atom stereocenters. The second kappa shape index (κ2) is 25.5. The zero-order valence-electron chi connectivity index (χ0n) is 44.1. The second-order valence-corrected chi connectivity index (χ2v) is 21.2. The van der Waals surface area contributed by atoms with Gasteiger partial charge in [0.2, 0.25) is 0 Å². The molecule has 406 valence electrons. The van der Waals surface area contributed by atoms with E-state index in [0.717, 1.165) is 134 Å². The number of halogens is 9. The van der Waals surface area contributed by atoms with Crippen molar-refractivity contribution in [1.82, 2.24) is 0 Å². The minimum Gasteiger partial charge on any atom is -0.385 e. The lowest BCUT2D eigenvalue weighted by Crippen LogP contribution is -2.39. The number of benzene rings is 5. The molecular formula is C61H71F9N2O3. The van der Waals surface area contributed by atoms with Crippen molar-refractivity contribution in [2.45, 2.75) is 142 Å². The fourth-order valence-electron chi connectivity index (χ4n) is 10.6. The topological polar surface area (TPSA) is 49.9 Å². The van der Waals surface area contributed by atoms with Crippen molar-refractivity contribution < 1.29 is 53.8 Å². The molecule has 0 bridgehead atoms. The van der Waals surface area contributed by atoms with Crippen LogP contribution < -0.4 is 9.80 Å². The maximum Gasteiger partial charge on any atom is 0.416 e. The summed E-state index contributed by atoms with van der Waals surface area (Å²) in [5.74, 6) is 0.206. The van der Waals surface area contributed by atoms with Gasteiger partial charge in [-0.1, -0.05) is 76.2 Å². The number of Topliss-reactive ketones (excluding diaryl/α,β-unsaturated/α-hetero) is 2. The maximum absolute atomic E-state index is 13.2. The number of carbonyl (C=O) groups excluding carboxylic acids is 2. The molecule has 2 heterocycles. The highest BCUT2D eigenvalue weighted by Gasteiger charge is 2.33. The average Bonchev–Trinajstić information content (AvgIpc) is 3.36. The molecule has 0 spiro atoms. The molecule has 14 heteroatoms. The first-order valence-electron chi connectivity index (χ1n) is 26.2. The number of methoxy groups -OCH3 is 1. The Kier molecular flexibility index (Phi) is 19.9. The number of anilines is 2. The van der Waals surface area contributed by atoms with E-state index in [1.807, 2.05) is 38.1 Å². The van der Waals surface area contributed by atoms with Gasteiger partial charge in [-0.05, 0) is 183 Å². The molecule has 2 aliphatic rings. The average molecular weight is 1050 g/mol. The molecule has 7 rings (SSSR count). The Morgan fingerprint density at radius 3 is 1.51 bits per heavy atom. The minimum absolute atomic E-state index is 0.0271. The van der Waals surface area contributed by atoms with Gasteiger partial charge in [0, 0.05) is 68.5 Å². The Morgan fingerprint density at radius 1 is 0.560 bits per heavy atom. The molecule has 0 aliphatic carbocycles. The van der Waals surface area contributed by atoms with E-state index in [1.54, 1.807) is 21.0 Å². The van der Waals surface area contributed by atoms with Crippen LogP contribution in [0.4, 0.5) is 50.9 Å². The van der Waals surface area contributed by atoms with Crippen LogP contribution in [0.2, 0.25) is 0 Å². The summed E-state index contributed by atoms with van der Waals surface area (Å²) in [6.07, 6.45) is -4.76. The molecule has 3 unspecified atom stereocenters. The Balaban J connectivity index is 0.000000246. The van der Waals surface area contributed by atoms with Gasteiger partial charge in [0.25, 0.3) is 0 Å². The van der Waals surface area contributed by atoms with E-state index in [0.29, 0.717) is 42.7 Å². The van der Waals surface area contributed by atoms with Crippen molar-refractivity contribution in [2.24, 2.45) is 11.8 Å². The molecule has 2 aliphatic heterocycles. The number of hydrogen-bond donors (Lipinski definition) is 0. The van der Waals surface area contributed by atoms with Gasteiger partial charge < -0.3 is 14.5 Å². The Labute approximate surface area is 436 Å². The van der Waals surface area contributed by atoms with Gasteiger partial charge in [0.05, 0.1) is 16.7 Å². The van der Waals surface area contributed by atoms with Crippen LogP contribution in [0.5, 0.6) is 0 Å². The van der Waals surface area contributed by atoms with Crippen molar-refractivity contribution >= 4 is 22.9 Å². The Morgan fingerprint density at radius 2 is 1.04 bits per heavy atom. The number of hydrogen-bond acceptors (Lipinski definition) is 5. The van der Waals surface area contributed by atoms with Crippen LogP contribution >= 0.6 is 0 Å². The maximum atomic E-state index is 13.2. The lowest BCUT2D eigenvalue weighted by molar-refractivity contribution is -0.138. The predicted octanol–water partition coefficient (Wildman–Crippen LogP) is 17.4. The molecule has 0 saturated carbocycles. The van der Waals surface area contributed by atoms with E-state index in [9.17, 15) is 49.1 Å². The van der Waals surface area contributed by atoms with Gasteiger partial charge in [-0.25, -0.2) is 0 Å². The highest BCUT2D eigenvalue weighted by atomic mass is 19.4. The number of nitrogens with zero attached hydrogens (tertiary/aromatic N) is 2. The van der Waals surface area contributed by atoms with Gasteiger partial charge in [-0.15, -0.1) is 0 Å². The van der Waals surface area contributed by atoms with Crippen molar-refractivity contribution in [3.63, 3.8) is 0 Å². The molecular weight excluding hydrogens is 980 g/mol. The summed E-state index contributed by atoms with van der Waals surface area (Å²) in [5, 5.41) is 0. The van der Waals surface area contributed by atoms with Crippen molar-refractivity contribution in [2.75, 3.05) is 43.2 Å². The van der Waals surface area contributed by atoms with Gasteiger partial charge in [-0.3, -0.25) is 9.59 Å². The first-order valence-corrected chi connectivity index (χ1v) is 26.2. The van der Waals surface area contributed by atoms with Crippen LogP contribution in [0.15, 0.2) is 109 Å². The fourth-order valence-corrected chi connectivity index (χ4v) is 10.6. The van der Waals surface area contributed by atoms with Crippen molar-refractivity contribution in [3.05, 3.63) is 143 Å². The Bertz CT molecular complexity index is 2640. The van der Waals surface area contributed by atoms with E-state index < -0.39 is 35.2 Å². The first kappa shape index (κ1) is 58.6. The molecule has 0 radical (unpaired) electrons. The third-order valence-corrected chi connectivity index (χ3v) is 14.5. The van der Waals surface area contributed by atoms with E-state index in [4.69, 9.17) is 4.74 Å². The molecule has 75 heavy (non-hydrogen) atoms. The van der Waals surface area contributed by atoms with Crippen LogP contribution in [0.25, 0.3) is 22.3 Å². The zero-order valence-corrected chi connectivity index (χ0v) is 44.1. The summed E-state index contributed by atoms with van der Waals surface area (Å²) < 4.78 is 123. The summed E-state index contributed by atoms with van der Waals surface area (Å²) in [5.41, 5.74) is 5.36. The monoisotopic (exact) mass is 1050 g/mol. The largest absolute Gasteiger partial charge is 0.416 e. The first-order chi connectivity index (χ1) is 35.3. The second-order valence-electron chi connectivity index (χ2n) is 21.2. The lowest BCUT2D eigenvalue weighted by Gasteiger charge is -2.38. The van der Waals surface area contributed by atoms with E-state index in [-0.39, 0.29) is 35.2 Å². The number of ether oxygens (including phenoxy) is 1. The third-order valence-electron chi connectivity index (χ3n) is 14.5. The molecule has 2 saturated heterocycles. The standard InChI is InChI=1S/C32H33F6NO.C29H38F3NO2/c1-20(2)15-30(21(3)40)26-17-24(22-6-8-27(9-7-22)31(33,34)35)16-25(18-26)23-5-4-14-39(19-23)29-12-10-28(11-13-29)32(36,37)38;1-20(2)16-28(21(3)34)24-17-23(22-10-12-25(13-11-22)29(30,31)32)18-27(19-24)33-14-6-5-8-26(33)9-7-15-35-4/h6-13,16-18,20,23,30H,4-5,14-15,19H2,1-3H3;10-13,17-20,26,28H,5-9,14-16H2,1-4H3/t;26?,28-/m.0/s1. The van der Waals surface area contributed by atoms with E-state index >= 15 is 0 Å². The van der Waals surface area contributed by atoms with Crippen LogP contribution in [-0.4, -0.2) is 51.0 Å². The molecule has 5 aromatic rings. The zero-order chi connectivity index (χ0) is 54.8. The van der Waals surface area contributed by atoms with Gasteiger partial charge in [-0.2, -0.15) is 39.5 Å². The van der Waals surface area contributed by atoms with Crippen molar-refractivity contribution in [3.8, 4) is 22.3 Å². The third kappa shape index (κ3) is 16.2. The number of piperidine rings is 2. The summed E-state index contributed by atoms with van der Waals surface area (Å²) in [4.78, 5) is 29.8. The van der Waals surface area contributed by atoms with Gasteiger partial charge in [0.1, 0.15) is 11.6 Å². The summed E-state index contributed by atoms with van der Waals surface area (Å²) >= 11 is 0. The quantitative estimate of drug-likeness (QED) is 0.0686. The normalized spacial score (nSPS) is 17.4. The predicted molar refractivity (Wildman–Crippen MR) is 281 cm³/mol. The molecule has 5 aromatic carbocycles. The molecule has 5 nitrogen and oxygen atoms in total. The highest BCUT2D eigenvalue weighted by molar-refractivity contribution is 5.85. The SMILES string of the molecule is CC(=O)C(CC(C)C)c1cc(-c2ccc(C(F)(F)F)cc2)cc(C2CCCN(c3ccc(C(F)(F)F)cc3)C2)c1.COCCCC1CCCCN1c1cc(-c2ccc(C(F)(F)F)cc2)cc([C@@H](CC(C)C)C(C)=O)c1. The van der Waals surface area contributed by atoms with Crippen LogP contribution in [0.1, 0.15) is 150 Å². The number of rotatable bonds is 17. The van der Waals surface area contributed by atoms with E-state index in [1.165, 1.54) is 42.8 Å². The molecule has 0 N–H and O–H groups in total. The Hall–Kier alpha value is -5.63. The van der Waals surface area contributed by atoms with Crippen LogP contribution in [0.3, 0.4) is 0 Å². The van der Waals surface area contributed by atoms with Gasteiger partial charge in [0.15, 0.2) is 0 Å².